The van der Waals surface area contributed by atoms with E-state index < -0.39 is 0 Å². The van der Waals surface area contributed by atoms with Crippen molar-refractivity contribution in [1.29, 1.82) is 0 Å². The topological polar surface area (TPSA) is 26.3 Å². The van der Waals surface area contributed by atoms with Crippen molar-refractivity contribution in [2.24, 2.45) is 0 Å². The van der Waals surface area contributed by atoms with Crippen LogP contribution in [0.5, 0.6) is 0 Å². The van der Waals surface area contributed by atoms with Gasteiger partial charge in [-0.2, -0.15) is 0 Å². The Balaban J connectivity index is 2.61. The third-order valence-corrected chi connectivity index (χ3v) is 2.13. The lowest BCUT2D eigenvalue weighted by molar-refractivity contribution is -0.129. The van der Waals surface area contributed by atoms with Gasteiger partial charge in [0.15, 0.2) is 0 Å². The fraction of sp³-hybridized carbons (Fsp3) is 0.364. The standard InChI is InChI=1S/C11H14O2/c1-2-10(8-13-9-12)11-6-4-3-5-7-11/h3-7,9-10H,2,8H2,1H3. The molecular weight excluding hydrogens is 164 g/mol. The Hall–Kier alpha value is -1.31. The molecule has 70 valence electrons. The lowest BCUT2D eigenvalue weighted by Gasteiger charge is -2.13. The minimum Gasteiger partial charge on any atom is -0.467 e. The normalized spacial score (nSPS) is 12.1. The molecule has 2 nitrogen and oxygen atoms in total. The van der Waals surface area contributed by atoms with E-state index in [9.17, 15) is 4.79 Å². The summed E-state index contributed by atoms with van der Waals surface area (Å²) >= 11 is 0. The van der Waals surface area contributed by atoms with Crippen LogP contribution in [-0.2, 0) is 9.53 Å². The molecule has 0 N–H and O–H groups in total. The Bertz CT molecular complexity index is 244. The summed E-state index contributed by atoms with van der Waals surface area (Å²) in [5, 5.41) is 0. The summed E-state index contributed by atoms with van der Waals surface area (Å²) in [5.74, 6) is 0.325. The van der Waals surface area contributed by atoms with Gasteiger partial charge in [-0.25, -0.2) is 0 Å². The second kappa shape index (κ2) is 5.36. The summed E-state index contributed by atoms with van der Waals surface area (Å²) in [4.78, 5) is 10.0. The molecule has 0 aromatic heterocycles. The Labute approximate surface area is 78.5 Å². The molecule has 0 bridgehead atoms. The highest BCUT2D eigenvalue weighted by atomic mass is 16.5. The van der Waals surface area contributed by atoms with Crippen LogP contribution in [0.2, 0.25) is 0 Å². The third kappa shape index (κ3) is 2.90. The summed E-state index contributed by atoms with van der Waals surface area (Å²) in [6.45, 7) is 3.07. The van der Waals surface area contributed by atoms with E-state index in [1.807, 2.05) is 18.2 Å². The van der Waals surface area contributed by atoms with Crippen molar-refractivity contribution in [3.63, 3.8) is 0 Å². The van der Waals surface area contributed by atoms with Gasteiger partial charge in [0.25, 0.3) is 6.47 Å². The molecule has 0 heterocycles. The fourth-order valence-electron chi connectivity index (χ4n) is 1.33. The first kappa shape index (κ1) is 9.78. The molecule has 0 saturated carbocycles. The molecule has 0 aliphatic rings. The van der Waals surface area contributed by atoms with Crippen LogP contribution in [0.4, 0.5) is 0 Å². The minimum absolute atomic E-state index is 0.325. The second-order valence-corrected chi connectivity index (χ2v) is 2.95. The summed E-state index contributed by atoms with van der Waals surface area (Å²) in [6, 6.07) is 10.1. The lowest BCUT2D eigenvalue weighted by atomic mass is 9.98. The van der Waals surface area contributed by atoms with Gasteiger partial charge in [0.2, 0.25) is 0 Å². The van der Waals surface area contributed by atoms with Crippen molar-refractivity contribution in [2.45, 2.75) is 19.3 Å². The molecule has 0 fully saturated rings. The maximum atomic E-state index is 10.0. The molecule has 2 heteroatoms. The van der Waals surface area contributed by atoms with E-state index in [1.165, 1.54) is 5.56 Å². The first-order chi connectivity index (χ1) is 6.38. The zero-order chi connectivity index (χ0) is 9.52. The molecule has 1 unspecified atom stereocenters. The summed E-state index contributed by atoms with van der Waals surface area (Å²) in [5.41, 5.74) is 1.23. The maximum absolute atomic E-state index is 10.0. The number of carbonyl (C=O) groups excluding carboxylic acids is 1. The molecule has 0 aliphatic carbocycles. The van der Waals surface area contributed by atoms with E-state index in [1.54, 1.807) is 0 Å². The van der Waals surface area contributed by atoms with Crippen molar-refractivity contribution < 1.29 is 9.53 Å². The zero-order valence-corrected chi connectivity index (χ0v) is 7.77. The van der Waals surface area contributed by atoms with Gasteiger partial charge < -0.3 is 4.74 Å². The monoisotopic (exact) mass is 178 g/mol. The Morgan fingerprint density at radius 3 is 2.62 bits per heavy atom. The van der Waals surface area contributed by atoms with Crippen LogP contribution in [-0.4, -0.2) is 13.1 Å². The molecular formula is C11H14O2. The van der Waals surface area contributed by atoms with Gasteiger partial charge >= 0.3 is 0 Å². The quantitative estimate of drug-likeness (QED) is 0.647. The average Bonchev–Trinajstić information content (AvgIpc) is 2.21. The van der Waals surface area contributed by atoms with Gasteiger partial charge in [0, 0.05) is 5.92 Å². The smallest absolute Gasteiger partial charge is 0.293 e. The van der Waals surface area contributed by atoms with Crippen LogP contribution in [0, 0.1) is 0 Å². The predicted molar refractivity (Wildman–Crippen MR) is 51.5 cm³/mol. The molecule has 1 aromatic rings. The molecule has 0 radical (unpaired) electrons. The fourth-order valence-corrected chi connectivity index (χ4v) is 1.33. The van der Waals surface area contributed by atoms with Crippen molar-refractivity contribution in [3.8, 4) is 0 Å². The van der Waals surface area contributed by atoms with Crippen LogP contribution in [0.3, 0.4) is 0 Å². The molecule has 13 heavy (non-hydrogen) atoms. The van der Waals surface area contributed by atoms with Crippen LogP contribution in [0.15, 0.2) is 30.3 Å². The van der Waals surface area contributed by atoms with Crippen molar-refractivity contribution in [2.75, 3.05) is 6.61 Å². The molecule has 1 atom stereocenters. The Kier molecular flexibility index (Phi) is 4.03. The number of ether oxygens (including phenoxy) is 1. The highest BCUT2D eigenvalue weighted by Gasteiger charge is 2.08. The van der Waals surface area contributed by atoms with Crippen LogP contribution in [0.25, 0.3) is 0 Å². The summed E-state index contributed by atoms with van der Waals surface area (Å²) in [7, 11) is 0. The average molecular weight is 178 g/mol. The van der Waals surface area contributed by atoms with E-state index in [2.05, 4.69) is 19.1 Å². The Morgan fingerprint density at radius 1 is 1.38 bits per heavy atom. The molecule has 1 aromatic carbocycles. The van der Waals surface area contributed by atoms with Crippen molar-refractivity contribution >= 4 is 6.47 Å². The van der Waals surface area contributed by atoms with Crippen LogP contribution >= 0.6 is 0 Å². The van der Waals surface area contributed by atoms with Crippen LogP contribution < -0.4 is 0 Å². The van der Waals surface area contributed by atoms with Gasteiger partial charge in [-0.3, -0.25) is 4.79 Å². The van der Waals surface area contributed by atoms with Crippen molar-refractivity contribution in [3.05, 3.63) is 35.9 Å². The molecule has 0 aliphatic heterocycles. The predicted octanol–water partition coefficient (Wildman–Crippen LogP) is 2.35. The zero-order valence-electron chi connectivity index (χ0n) is 7.77. The molecule has 0 spiro atoms. The molecule has 0 saturated heterocycles. The number of rotatable bonds is 5. The van der Waals surface area contributed by atoms with Gasteiger partial charge in [0.05, 0.1) is 6.61 Å². The van der Waals surface area contributed by atoms with E-state index in [-0.39, 0.29) is 0 Å². The van der Waals surface area contributed by atoms with Gasteiger partial charge in [-0.15, -0.1) is 0 Å². The highest BCUT2D eigenvalue weighted by molar-refractivity contribution is 5.37. The number of hydrogen-bond acceptors (Lipinski definition) is 2. The summed E-state index contributed by atoms with van der Waals surface area (Å²) < 4.78 is 4.76. The Morgan fingerprint density at radius 2 is 2.08 bits per heavy atom. The second-order valence-electron chi connectivity index (χ2n) is 2.95. The maximum Gasteiger partial charge on any atom is 0.293 e. The van der Waals surface area contributed by atoms with Crippen LogP contribution in [0.1, 0.15) is 24.8 Å². The van der Waals surface area contributed by atoms with Gasteiger partial charge in [0.1, 0.15) is 0 Å². The molecule has 0 amide bonds. The first-order valence-corrected chi connectivity index (χ1v) is 4.48. The number of carbonyl (C=O) groups is 1. The summed E-state index contributed by atoms with van der Waals surface area (Å²) in [6.07, 6.45) is 0.984. The van der Waals surface area contributed by atoms with Gasteiger partial charge in [-0.1, -0.05) is 37.3 Å². The molecule has 1 rings (SSSR count). The largest absolute Gasteiger partial charge is 0.467 e. The van der Waals surface area contributed by atoms with Crippen molar-refractivity contribution in [1.82, 2.24) is 0 Å². The van der Waals surface area contributed by atoms with E-state index in [0.717, 1.165) is 6.42 Å². The third-order valence-electron chi connectivity index (χ3n) is 2.13. The van der Waals surface area contributed by atoms with E-state index >= 15 is 0 Å². The highest BCUT2D eigenvalue weighted by Crippen LogP contribution is 2.18. The number of hydrogen-bond donors (Lipinski definition) is 0. The lowest BCUT2D eigenvalue weighted by Crippen LogP contribution is -2.05. The SMILES string of the molecule is CCC(COC=O)c1ccccc1. The number of benzene rings is 1. The minimum atomic E-state index is 0.325. The first-order valence-electron chi connectivity index (χ1n) is 4.48. The van der Waals surface area contributed by atoms with Gasteiger partial charge in [-0.05, 0) is 12.0 Å². The van der Waals surface area contributed by atoms with E-state index in [4.69, 9.17) is 4.74 Å². The van der Waals surface area contributed by atoms with E-state index in [0.29, 0.717) is 19.0 Å².